The average molecular weight is 457 g/mol. The Morgan fingerprint density at radius 3 is 2.59 bits per heavy atom. The maximum absolute atomic E-state index is 12.9. The van der Waals surface area contributed by atoms with Crippen molar-refractivity contribution in [2.45, 2.75) is 26.8 Å². The number of benzene rings is 2. The summed E-state index contributed by atoms with van der Waals surface area (Å²) in [6.07, 6.45) is 0. The van der Waals surface area contributed by atoms with E-state index in [-0.39, 0.29) is 24.5 Å². The molecular weight excluding hydrogens is 432 g/mol. The summed E-state index contributed by atoms with van der Waals surface area (Å²) in [7, 11) is 1.47. The largest absolute Gasteiger partial charge is 0.493 e. The van der Waals surface area contributed by atoms with Crippen molar-refractivity contribution in [2.24, 2.45) is 0 Å². The summed E-state index contributed by atoms with van der Waals surface area (Å²) in [4.78, 5) is 24.7. The van der Waals surface area contributed by atoms with E-state index in [0.29, 0.717) is 27.9 Å². The molecular formula is C23H25ClN4O4. The third-order valence-electron chi connectivity index (χ3n) is 4.36. The summed E-state index contributed by atoms with van der Waals surface area (Å²) in [6, 6.07) is 13.7. The molecule has 0 fully saturated rings. The third-order valence-corrected chi connectivity index (χ3v) is 4.60. The summed E-state index contributed by atoms with van der Waals surface area (Å²) in [5.74, 6) is 0.612. The van der Waals surface area contributed by atoms with Crippen molar-refractivity contribution >= 4 is 29.2 Å². The summed E-state index contributed by atoms with van der Waals surface area (Å²) >= 11 is 6.09. The maximum atomic E-state index is 12.9. The van der Waals surface area contributed by atoms with E-state index in [1.807, 2.05) is 32.9 Å². The minimum atomic E-state index is -0.351. The number of carbonyl (C=O) groups is 2. The lowest BCUT2D eigenvalue weighted by atomic mass is 10.2. The standard InChI is InChI=1S/C23H25ClN4O4/c1-14(2)25-22(29)13-32-19-9-8-16(11-20(19)31-4)23(30)26-21-10-15(3)27-28(21)18-7-5-6-17(24)12-18/h5-12,14H,13H2,1-4H3,(H,25,29)(H,26,30). The molecule has 0 atom stereocenters. The van der Waals surface area contributed by atoms with Crippen LogP contribution < -0.4 is 20.1 Å². The van der Waals surface area contributed by atoms with Crippen LogP contribution in [0.15, 0.2) is 48.5 Å². The molecule has 2 amide bonds. The van der Waals surface area contributed by atoms with Crippen LogP contribution in [0.4, 0.5) is 5.82 Å². The number of carbonyl (C=O) groups excluding carboxylic acids is 2. The molecule has 0 radical (unpaired) electrons. The molecule has 0 saturated carbocycles. The molecule has 32 heavy (non-hydrogen) atoms. The highest BCUT2D eigenvalue weighted by atomic mass is 35.5. The second-order valence-corrected chi connectivity index (χ2v) is 7.83. The molecule has 3 rings (SSSR count). The highest BCUT2D eigenvalue weighted by molar-refractivity contribution is 6.30. The number of anilines is 1. The van der Waals surface area contributed by atoms with E-state index in [4.69, 9.17) is 21.1 Å². The first-order valence-corrected chi connectivity index (χ1v) is 10.4. The molecule has 1 heterocycles. The number of methoxy groups -OCH3 is 1. The van der Waals surface area contributed by atoms with Gasteiger partial charge in [0, 0.05) is 22.7 Å². The van der Waals surface area contributed by atoms with E-state index in [9.17, 15) is 9.59 Å². The van der Waals surface area contributed by atoms with Gasteiger partial charge in [-0.25, -0.2) is 4.68 Å². The molecule has 0 aliphatic heterocycles. The Hall–Kier alpha value is -3.52. The van der Waals surface area contributed by atoms with Crippen LogP contribution in [0.5, 0.6) is 11.5 Å². The lowest BCUT2D eigenvalue weighted by Crippen LogP contribution is -2.34. The highest BCUT2D eigenvalue weighted by Crippen LogP contribution is 2.29. The molecule has 8 nitrogen and oxygen atoms in total. The number of rotatable bonds is 8. The Balaban J connectivity index is 1.77. The monoisotopic (exact) mass is 456 g/mol. The predicted molar refractivity (Wildman–Crippen MR) is 123 cm³/mol. The predicted octanol–water partition coefficient (Wildman–Crippen LogP) is 4.00. The Morgan fingerprint density at radius 2 is 1.91 bits per heavy atom. The van der Waals surface area contributed by atoms with Crippen molar-refractivity contribution in [1.29, 1.82) is 0 Å². The highest BCUT2D eigenvalue weighted by Gasteiger charge is 2.16. The Bertz CT molecular complexity index is 1130. The molecule has 1 aromatic heterocycles. The maximum Gasteiger partial charge on any atom is 0.258 e. The van der Waals surface area contributed by atoms with Crippen LogP contribution in [0.1, 0.15) is 29.9 Å². The SMILES string of the molecule is COc1cc(C(=O)Nc2cc(C)nn2-c2cccc(Cl)c2)ccc1OCC(=O)NC(C)C. The van der Waals surface area contributed by atoms with Crippen LogP contribution in [0.2, 0.25) is 5.02 Å². The number of nitrogens with zero attached hydrogens (tertiary/aromatic N) is 2. The second kappa shape index (κ2) is 10.2. The van der Waals surface area contributed by atoms with E-state index in [0.717, 1.165) is 11.4 Å². The fourth-order valence-electron chi connectivity index (χ4n) is 3.02. The molecule has 9 heteroatoms. The summed E-state index contributed by atoms with van der Waals surface area (Å²) in [5.41, 5.74) is 1.82. The van der Waals surface area contributed by atoms with Crippen molar-refractivity contribution < 1.29 is 19.1 Å². The number of nitrogens with one attached hydrogen (secondary N) is 2. The van der Waals surface area contributed by atoms with Gasteiger partial charge in [-0.05, 0) is 57.2 Å². The van der Waals surface area contributed by atoms with Crippen LogP contribution in [0, 0.1) is 6.92 Å². The number of amides is 2. The molecule has 0 saturated heterocycles. The zero-order valence-corrected chi connectivity index (χ0v) is 19.1. The van der Waals surface area contributed by atoms with Gasteiger partial charge in [0.2, 0.25) is 0 Å². The number of hydrogen-bond donors (Lipinski definition) is 2. The smallest absolute Gasteiger partial charge is 0.258 e. The molecule has 168 valence electrons. The molecule has 0 bridgehead atoms. The van der Waals surface area contributed by atoms with Crippen molar-refractivity contribution in [1.82, 2.24) is 15.1 Å². The van der Waals surface area contributed by atoms with Crippen molar-refractivity contribution in [3.05, 3.63) is 64.8 Å². The van der Waals surface area contributed by atoms with Gasteiger partial charge in [0.25, 0.3) is 11.8 Å². The fraction of sp³-hybridized carbons (Fsp3) is 0.261. The van der Waals surface area contributed by atoms with Crippen LogP contribution in [0.25, 0.3) is 5.69 Å². The number of ether oxygens (including phenoxy) is 2. The molecule has 0 unspecified atom stereocenters. The van der Waals surface area contributed by atoms with Crippen LogP contribution >= 0.6 is 11.6 Å². The van der Waals surface area contributed by atoms with Gasteiger partial charge in [-0.3, -0.25) is 9.59 Å². The zero-order valence-electron chi connectivity index (χ0n) is 18.3. The van der Waals surface area contributed by atoms with E-state index < -0.39 is 0 Å². The van der Waals surface area contributed by atoms with Crippen LogP contribution in [-0.4, -0.2) is 41.4 Å². The zero-order chi connectivity index (χ0) is 23.3. The molecule has 0 aliphatic carbocycles. The van der Waals surface area contributed by atoms with Gasteiger partial charge in [-0.2, -0.15) is 5.10 Å². The van der Waals surface area contributed by atoms with E-state index in [1.54, 1.807) is 41.1 Å². The van der Waals surface area contributed by atoms with Gasteiger partial charge in [0.15, 0.2) is 18.1 Å². The normalized spacial score (nSPS) is 10.7. The first-order chi connectivity index (χ1) is 15.3. The summed E-state index contributed by atoms with van der Waals surface area (Å²) < 4.78 is 12.5. The Kier molecular flexibility index (Phi) is 7.37. The van der Waals surface area contributed by atoms with Gasteiger partial charge >= 0.3 is 0 Å². The summed E-state index contributed by atoms with van der Waals surface area (Å²) in [6.45, 7) is 5.41. The quantitative estimate of drug-likeness (QED) is 0.534. The number of aromatic nitrogens is 2. The van der Waals surface area contributed by atoms with Gasteiger partial charge in [-0.1, -0.05) is 17.7 Å². The van der Waals surface area contributed by atoms with Crippen molar-refractivity contribution in [3.63, 3.8) is 0 Å². The van der Waals surface area contributed by atoms with E-state index in [1.165, 1.54) is 7.11 Å². The molecule has 0 spiro atoms. The summed E-state index contributed by atoms with van der Waals surface area (Å²) in [5, 5.41) is 10.6. The van der Waals surface area contributed by atoms with E-state index >= 15 is 0 Å². The van der Waals surface area contributed by atoms with Crippen molar-refractivity contribution in [2.75, 3.05) is 19.0 Å². The molecule has 2 N–H and O–H groups in total. The molecule has 0 aliphatic rings. The van der Waals surface area contributed by atoms with Crippen molar-refractivity contribution in [3.8, 4) is 17.2 Å². The topological polar surface area (TPSA) is 94.5 Å². The lowest BCUT2D eigenvalue weighted by Gasteiger charge is -2.14. The lowest BCUT2D eigenvalue weighted by molar-refractivity contribution is -0.123. The number of aryl methyl sites for hydroxylation is 1. The first-order valence-electron chi connectivity index (χ1n) is 10.0. The Morgan fingerprint density at radius 1 is 1.12 bits per heavy atom. The average Bonchev–Trinajstić information content (AvgIpc) is 3.11. The second-order valence-electron chi connectivity index (χ2n) is 7.39. The first kappa shape index (κ1) is 23.1. The van der Waals surface area contributed by atoms with Crippen LogP contribution in [-0.2, 0) is 4.79 Å². The number of hydrogen-bond acceptors (Lipinski definition) is 5. The van der Waals surface area contributed by atoms with Gasteiger partial charge in [0.1, 0.15) is 5.82 Å². The van der Waals surface area contributed by atoms with Crippen LogP contribution in [0.3, 0.4) is 0 Å². The van der Waals surface area contributed by atoms with Gasteiger partial charge in [0.05, 0.1) is 18.5 Å². The molecule has 3 aromatic rings. The van der Waals surface area contributed by atoms with E-state index in [2.05, 4.69) is 15.7 Å². The number of halogens is 1. The minimum Gasteiger partial charge on any atom is -0.493 e. The minimum absolute atomic E-state index is 0.0167. The van der Waals surface area contributed by atoms with Gasteiger partial charge < -0.3 is 20.1 Å². The fourth-order valence-corrected chi connectivity index (χ4v) is 3.20. The van der Waals surface area contributed by atoms with Gasteiger partial charge in [-0.15, -0.1) is 0 Å². The Labute approximate surface area is 191 Å². The third kappa shape index (κ3) is 5.79. The molecule has 2 aromatic carbocycles.